The number of carbonyl (C=O) groups excluding carboxylic acids is 1. The van der Waals surface area contributed by atoms with Gasteiger partial charge in [-0.15, -0.1) is 0 Å². The maximum atomic E-state index is 12.0. The Morgan fingerprint density at radius 1 is 0.962 bits per heavy atom. The Hall–Kier alpha value is -3.10. The van der Waals surface area contributed by atoms with E-state index in [-0.39, 0.29) is 12.5 Å². The average molecular weight is 407 g/mol. The molecule has 3 aromatic carbocycles. The number of rotatable bonds is 5. The summed E-state index contributed by atoms with van der Waals surface area (Å²) in [4.78, 5) is 12.0. The molecular weight excluding hydrogens is 392 g/mol. The number of halogens is 1. The van der Waals surface area contributed by atoms with Crippen LogP contribution in [0.1, 0.15) is 5.56 Å². The molecule has 0 heterocycles. The molecule has 0 bridgehead atoms. The Labute approximate surface area is 160 Å². The molecule has 5 heteroatoms. The second-order valence-corrected chi connectivity index (χ2v) is 6.38. The summed E-state index contributed by atoms with van der Waals surface area (Å²) in [7, 11) is 0. The van der Waals surface area contributed by atoms with Crippen molar-refractivity contribution in [3.63, 3.8) is 0 Å². The third kappa shape index (κ3) is 4.50. The van der Waals surface area contributed by atoms with Gasteiger partial charge >= 0.3 is 0 Å². The van der Waals surface area contributed by atoms with Gasteiger partial charge in [0.1, 0.15) is 5.75 Å². The van der Waals surface area contributed by atoms with Crippen LogP contribution < -0.4 is 10.1 Å². The van der Waals surface area contributed by atoms with Crippen molar-refractivity contribution in [1.82, 2.24) is 0 Å². The van der Waals surface area contributed by atoms with Crippen LogP contribution in [0.4, 0.5) is 5.69 Å². The van der Waals surface area contributed by atoms with Crippen molar-refractivity contribution in [2.45, 2.75) is 0 Å². The van der Waals surface area contributed by atoms with Gasteiger partial charge in [-0.25, -0.2) is 0 Å². The Morgan fingerprint density at radius 3 is 2.19 bits per heavy atom. The summed E-state index contributed by atoms with van der Waals surface area (Å²) < 4.78 is 6.36. The fourth-order valence-electron chi connectivity index (χ4n) is 2.38. The van der Waals surface area contributed by atoms with Crippen LogP contribution in [0.2, 0.25) is 0 Å². The van der Waals surface area contributed by atoms with Crippen LogP contribution >= 0.6 is 15.9 Å². The topological polar surface area (TPSA) is 62.1 Å². The highest BCUT2D eigenvalue weighted by Gasteiger charge is 2.06. The molecule has 128 valence electrons. The van der Waals surface area contributed by atoms with Crippen LogP contribution in [0.15, 0.2) is 77.3 Å². The minimum absolute atomic E-state index is 0.0719. The van der Waals surface area contributed by atoms with Gasteiger partial charge in [0.2, 0.25) is 0 Å². The summed E-state index contributed by atoms with van der Waals surface area (Å²) in [6.07, 6.45) is 0. The van der Waals surface area contributed by atoms with E-state index in [0.717, 1.165) is 15.6 Å². The number of carbonyl (C=O) groups is 1. The van der Waals surface area contributed by atoms with Crippen molar-refractivity contribution < 1.29 is 9.53 Å². The van der Waals surface area contributed by atoms with Gasteiger partial charge in [0, 0.05) is 4.47 Å². The van der Waals surface area contributed by atoms with Gasteiger partial charge < -0.3 is 10.1 Å². The number of benzene rings is 3. The van der Waals surface area contributed by atoms with Crippen LogP contribution in [0.25, 0.3) is 11.1 Å². The van der Waals surface area contributed by atoms with Crippen molar-refractivity contribution in [3.05, 3.63) is 82.8 Å². The van der Waals surface area contributed by atoms with Gasteiger partial charge in [-0.1, -0.05) is 36.4 Å². The highest BCUT2D eigenvalue weighted by atomic mass is 79.9. The van der Waals surface area contributed by atoms with Gasteiger partial charge in [-0.3, -0.25) is 4.79 Å². The van der Waals surface area contributed by atoms with Crippen molar-refractivity contribution in [2.75, 3.05) is 11.9 Å². The predicted molar refractivity (Wildman–Crippen MR) is 105 cm³/mol. The molecule has 0 aromatic heterocycles. The molecule has 0 aliphatic carbocycles. The molecule has 0 aliphatic heterocycles. The summed E-state index contributed by atoms with van der Waals surface area (Å²) in [5.74, 6) is 0.387. The van der Waals surface area contributed by atoms with E-state index in [1.54, 1.807) is 12.1 Å². The molecule has 26 heavy (non-hydrogen) atoms. The van der Waals surface area contributed by atoms with E-state index in [4.69, 9.17) is 10.00 Å². The van der Waals surface area contributed by atoms with E-state index in [1.807, 2.05) is 60.7 Å². The molecule has 0 saturated carbocycles. The van der Waals surface area contributed by atoms with E-state index >= 15 is 0 Å². The Morgan fingerprint density at radius 2 is 1.58 bits per heavy atom. The number of para-hydroxylation sites is 1. The van der Waals surface area contributed by atoms with Gasteiger partial charge in [-0.2, -0.15) is 5.26 Å². The zero-order chi connectivity index (χ0) is 18.4. The normalized spacial score (nSPS) is 10.0. The van der Waals surface area contributed by atoms with Crippen molar-refractivity contribution in [1.29, 1.82) is 5.26 Å². The number of hydrogen-bond donors (Lipinski definition) is 1. The third-order valence-corrected chi connectivity index (χ3v) is 4.41. The number of amides is 1. The van der Waals surface area contributed by atoms with Crippen molar-refractivity contribution in [3.8, 4) is 22.9 Å². The SMILES string of the molecule is N#Cc1ccc(-c2ccc(OCC(=O)Nc3ccccc3Br)cc2)cc1. The molecule has 0 aliphatic rings. The lowest BCUT2D eigenvalue weighted by Gasteiger charge is -2.09. The number of anilines is 1. The predicted octanol–water partition coefficient (Wildman–Crippen LogP) is 5.01. The first-order valence-corrected chi connectivity index (χ1v) is 8.73. The molecule has 4 nitrogen and oxygen atoms in total. The molecule has 0 spiro atoms. The van der Waals surface area contributed by atoms with E-state index < -0.39 is 0 Å². The highest BCUT2D eigenvalue weighted by molar-refractivity contribution is 9.10. The molecule has 3 rings (SSSR count). The molecule has 1 N–H and O–H groups in total. The smallest absolute Gasteiger partial charge is 0.262 e. The molecule has 0 radical (unpaired) electrons. The maximum absolute atomic E-state index is 12.0. The van der Waals surface area contributed by atoms with E-state index in [9.17, 15) is 4.79 Å². The van der Waals surface area contributed by atoms with Gasteiger partial charge in [0.25, 0.3) is 5.91 Å². The summed E-state index contributed by atoms with van der Waals surface area (Å²) in [5.41, 5.74) is 3.36. The lowest BCUT2D eigenvalue weighted by atomic mass is 10.0. The summed E-state index contributed by atoms with van der Waals surface area (Å²) in [6, 6.07) is 24.4. The van der Waals surface area contributed by atoms with Crippen molar-refractivity contribution in [2.24, 2.45) is 0 Å². The van der Waals surface area contributed by atoms with E-state index in [2.05, 4.69) is 27.3 Å². The standard InChI is InChI=1S/C21H15BrN2O2/c22-19-3-1-2-4-20(19)24-21(25)14-26-18-11-9-17(10-12-18)16-7-5-15(13-23)6-8-16/h1-12H,14H2,(H,24,25). The Bertz CT molecular complexity index is 945. The lowest BCUT2D eigenvalue weighted by molar-refractivity contribution is -0.118. The third-order valence-electron chi connectivity index (χ3n) is 3.72. The van der Waals surface area contributed by atoms with E-state index in [1.165, 1.54) is 0 Å². The first-order valence-electron chi connectivity index (χ1n) is 7.93. The number of ether oxygens (including phenoxy) is 1. The Balaban J connectivity index is 1.58. The van der Waals surface area contributed by atoms with E-state index in [0.29, 0.717) is 17.0 Å². The lowest BCUT2D eigenvalue weighted by Crippen LogP contribution is -2.20. The molecule has 3 aromatic rings. The van der Waals surface area contributed by atoms with Crippen molar-refractivity contribution >= 4 is 27.5 Å². The number of hydrogen-bond acceptors (Lipinski definition) is 3. The number of nitrogens with one attached hydrogen (secondary N) is 1. The fourth-order valence-corrected chi connectivity index (χ4v) is 2.76. The quantitative estimate of drug-likeness (QED) is 0.647. The van der Waals surface area contributed by atoms with Crippen LogP contribution in [0, 0.1) is 11.3 Å². The van der Waals surface area contributed by atoms with Gasteiger partial charge in [0.15, 0.2) is 6.61 Å². The number of nitriles is 1. The van der Waals surface area contributed by atoms with Crippen LogP contribution in [0.3, 0.4) is 0 Å². The largest absolute Gasteiger partial charge is 0.484 e. The molecule has 0 fully saturated rings. The molecule has 0 atom stereocenters. The molecule has 1 amide bonds. The molecule has 0 unspecified atom stereocenters. The number of nitrogens with zero attached hydrogens (tertiary/aromatic N) is 1. The maximum Gasteiger partial charge on any atom is 0.262 e. The minimum Gasteiger partial charge on any atom is -0.484 e. The Kier molecular flexibility index (Phi) is 5.67. The molecule has 0 saturated heterocycles. The van der Waals surface area contributed by atoms with Gasteiger partial charge in [0.05, 0.1) is 17.3 Å². The van der Waals surface area contributed by atoms with Crippen LogP contribution in [0.5, 0.6) is 5.75 Å². The van der Waals surface area contributed by atoms with Gasteiger partial charge in [-0.05, 0) is 63.5 Å². The summed E-state index contributed by atoms with van der Waals surface area (Å²) in [6.45, 7) is -0.0719. The minimum atomic E-state index is -0.229. The highest BCUT2D eigenvalue weighted by Crippen LogP contribution is 2.23. The first-order chi connectivity index (χ1) is 12.7. The molecular formula is C21H15BrN2O2. The average Bonchev–Trinajstić information content (AvgIpc) is 2.69. The zero-order valence-electron chi connectivity index (χ0n) is 13.8. The monoisotopic (exact) mass is 406 g/mol. The summed E-state index contributed by atoms with van der Waals surface area (Å²) >= 11 is 3.39. The second-order valence-electron chi connectivity index (χ2n) is 5.53. The van der Waals surface area contributed by atoms with Crippen LogP contribution in [-0.2, 0) is 4.79 Å². The second kappa shape index (κ2) is 8.32. The summed E-state index contributed by atoms with van der Waals surface area (Å²) in [5, 5.41) is 11.6. The first kappa shape index (κ1) is 17.7. The van der Waals surface area contributed by atoms with Crippen LogP contribution in [-0.4, -0.2) is 12.5 Å². The fraction of sp³-hybridized carbons (Fsp3) is 0.0476. The zero-order valence-corrected chi connectivity index (χ0v) is 15.4.